The molecule has 0 unspecified atom stereocenters. The van der Waals surface area contributed by atoms with Crippen molar-refractivity contribution in [2.75, 3.05) is 5.32 Å². The monoisotopic (exact) mass is 407 g/mol. The Morgan fingerprint density at radius 1 is 1.13 bits per heavy atom. The number of para-hydroxylation sites is 1. The van der Waals surface area contributed by atoms with E-state index >= 15 is 0 Å². The summed E-state index contributed by atoms with van der Waals surface area (Å²) in [5.74, 6) is -0.855. The molecule has 1 atom stereocenters. The molecule has 1 amide bonds. The minimum Gasteiger partial charge on any atom is -0.453 e. The lowest BCUT2D eigenvalue weighted by Crippen LogP contribution is -2.30. The van der Waals surface area contributed by atoms with Crippen LogP contribution in [-0.2, 0) is 20.7 Å². The van der Waals surface area contributed by atoms with Crippen molar-refractivity contribution in [3.05, 3.63) is 70.3 Å². The SMILES string of the molecule is CC(=O)c1cccc(NC(=O)[C@H](C)OC(=O)CCc2nc3ccccc3c(=O)[nH]2)c1. The van der Waals surface area contributed by atoms with Crippen molar-refractivity contribution in [2.24, 2.45) is 0 Å². The van der Waals surface area contributed by atoms with E-state index in [0.29, 0.717) is 28.0 Å². The number of rotatable bonds is 7. The van der Waals surface area contributed by atoms with Gasteiger partial charge in [-0.3, -0.25) is 19.2 Å². The number of H-pyrrole nitrogens is 1. The highest BCUT2D eigenvalue weighted by Crippen LogP contribution is 2.12. The molecule has 0 aliphatic carbocycles. The van der Waals surface area contributed by atoms with Crippen LogP contribution < -0.4 is 10.9 Å². The number of nitrogens with one attached hydrogen (secondary N) is 2. The number of hydrogen-bond acceptors (Lipinski definition) is 6. The van der Waals surface area contributed by atoms with Gasteiger partial charge in [0, 0.05) is 17.7 Å². The quantitative estimate of drug-likeness (QED) is 0.459. The summed E-state index contributed by atoms with van der Waals surface area (Å²) in [6.07, 6.45) is -0.894. The second-order valence-corrected chi connectivity index (χ2v) is 6.79. The summed E-state index contributed by atoms with van der Waals surface area (Å²) in [5.41, 5.74) is 1.18. The van der Waals surface area contributed by atoms with E-state index < -0.39 is 18.0 Å². The topological polar surface area (TPSA) is 118 Å². The van der Waals surface area contributed by atoms with E-state index in [4.69, 9.17) is 4.74 Å². The van der Waals surface area contributed by atoms with Crippen molar-refractivity contribution >= 4 is 34.3 Å². The summed E-state index contributed by atoms with van der Waals surface area (Å²) >= 11 is 0. The number of hydrogen-bond donors (Lipinski definition) is 2. The van der Waals surface area contributed by atoms with Crippen LogP contribution in [-0.4, -0.2) is 33.7 Å². The van der Waals surface area contributed by atoms with Crippen molar-refractivity contribution < 1.29 is 19.1 Å². The first kappa shape index (κ1) is 20.9. The molecular weight excluding hydrogens is 386 g/mol. The number of carbonyl (C=O) groups is 3. The average Bonchev–Trinajstić information content (AvgIpc) is 2.72. The van der Waals surface area contributed by atoms with Gasteiger partial charge >= 0.3 is 5.97 Å². The van der Waals surface area contributed by atoms with Crippen LogP contribution >= 0.6 is 0 Å². The lowest BCUT2D eigenvalue weighted by molar-refractivity contribution is -0.153. The third-order valence-corrected chi connectivity index (χ3v) is 4.44. The van der Waals surface area contributed by atoms with E-state index in [1.54, 1.807) is 48.5 Å². The molecule has 1 aromatic heterocycles. The molecular formula is C22H21N3O5. The maximum atomic E-state index is 12.3. The number of aromatic amines is 1. The number of amides is 1. The van der Waals surface area contributed by atoms with Gasteiger partial charge in [0.2, 0.25) is 0 Å². The summed E-state index contributed by atoms with van der Waals surface area (Å²) in [6.45, 7) is 2.89. The highest BCUT2D eigenvalue weighted by molar-refractivity contribution is 5.98. The first-order valence-corrected chi connectivity index (χ1v) is 9.43. The molecule has 0 radical (unpaired) electrons. The number of ether oxygens (including phenoxy) is 1. The van der Waals surface area contributed by atoms with Gasteiger partial charge in [-0.1, -0.05) is 24.3 Å². The van der Waals surface area contributed by atoms with Crippen molar-refractivity contribution in [2.45, 2.75) is 32.8 Å². The van der Waals surface area contributed by atoms with Crippen LogP contribution in [0, 0.1) is 0 Å². The number of benzene rings is 2. The fourth-order valence-corrected chi connectivity index (χ4v) is 2.84. The zero-order valence-electron chi connectivity index (χ0n) is 16.6. The van der Waals surface area contributed by atoms with Gasteiger partial charge < -0.3 is 15.0 Å². The van der Waals surface area contributed by atoms with Crippen LogP contribution in [0.1, 0.15) is 36.5 Å². The number of aromatic nitrogens is 2. The molecule has 30 heavy (non-hydrogen) atoms. The number of nitrogens with zero attached hydrogens (tertiary/aromatic N) is 1. The molecule has 0 spiro atoms. The predicted molar refractivity (Wildman–Crippen MR) is 111 cm³/mol. The molecule has 3 aromatic rings. The van der Waals surface area contributed by atoms with E-state index in [-0.39, 0.29) is 24.2 Å². The summed E-state index contributed by atoms with van der Waals surface area (Å²) in [6, 6.07) is 13.4. The molecule has 154 valence electrons. The molecule has 2 aromatic carbocycles. The zero-order chi connectivity index (χ0) is 21.7. The largest absolute Gasteiger partial charge is 0.453 e. The van der Waals surface area contributed by atoms with E-state index in [1.807, 2.05) is 0 Å². The molecule has 1 heterocycles. The number of aryl methyl sites for hydroxylation is 1. The van der Waals surface area contributed by atoms with Gasteiger partial charge in [0.05, 0.1) is 17.3 Å². The average molecular weight is 407 g/mol. The van der Waals surface area contributed by atoms with Crippen LogP contribution in [0.15, 0.2) is 53.3 Å². The Bertz CT molecular complexity index is 1170. The van der Waals surface area contributed by atoms with Crippen LogP contribution in [0.5, 0.6) is 0 Å². The van der Waals surface area contributed by atoms with Gasteiger partial charge in [0.25, 0.3) is 11.5 Å². The highest BCUT2D eigenvalue weighted by atomic mass is 16.5. The Morgan fingerprint density at radius 3 is 2.67 bits per heavy atom. The Hall–Kier alpha value is -3.81. The maximum Gasteiger partial charge on any atom is 0.307 e. The fraction of sp³-hybridized carbons (Fsp3) is 0.227. The molecule has 0 saturated carbocycles. The predicted octanol–water partition coefficient (Wildman–Crippen LogP) is 2.63. The van der Waals surface area contributed by atoms with E-state index in [9.17, 15) is 19.2 Å². The van der Waals surface area contributed by atoms with Crippen molar-refractivity contribution in [3.8, 4) is 0 Å². The molecule has 0 aliphatic heterocycles. The number of carbonyl (C=O) groups excluding carboxylic acids is 3. The Morgan fingerprint density at radius 2 is 1.90 bits per heavy atom. The van der Waals surface area contributed by atoms with E-state index in [2.05, 4.69) is 15.3 Å². The van der Waals surface area contributed by atoms with E-state index in [0.717, 1.165) is 0 Å². The number of esters is 1. The number of anilines is 1. The van der Waals surface area contributed by atoms with Gasteiger partial charge in [-0.05, 0) is 38.1 Å². The highest BCUT2D eigenvalue weighted by Gasteiger charge is 2.18. The molecule has 0 aliphatic rings. The van der Waals surface area contributed by atoms with Gasteiger partial charge in [-0.2, -0.15) is 0 Å². The van der Waals surface area contributed by atoms with Crippen molar-refractivity contribution in [1.82, 2.24) is 9.97 Å². The molecule has 2 N–H and O–H groups in total. The first-order chi connectivity index (χ1) is 14.3. The standard InChI is InChI=1S/C22H21N3O5/c1-13(26)15-6-5-7-16(12-15)23-21(28)14(2)30-20(27)11-10-19-24-18-9-4-3-8-17(18)22(29)25-19/h3-9,12,14H,10-11H2,1-2H3,(H,23,28)(H,24,25,29)/t14-/m0/s1. The normalized spacial score (nSPS) is 11.7. The van der Waals surface area contributed by atoms with Crippen molar-refractivity contribution in [1.29, 1.82) is 0 Å². The third kappa shape index (κ3) is 5.16. The van der Waals surface area contributed by atoms with Crippen LogP contribution in [0.2, 0.25) is 0 Å². The minimum atomic E-state index is -1.03. The Labute approximate surface area is 172 Å². The molecule has 8 heteroatoms. The first-order valence-electron chi connectivity index (χ1n) is 9.43. The summed E-state index contributed by atoms with van der Waals surface area (Å²) in [5, 5.41) is 3.09. The smallest absolute Gasteiger partial charge is 0.307 e. The van der Waals surface area contributed by atoms with Crippen LogP contribution in [0.25, 0.3) is 10.9 Å². The third-order valence-electron chi connectivity index (χ3n) is 4.44. The summed E-state index contributed by atoms with van der Waals surface area (Å²) in [7, 11) is 0. The zero-order valence-corrected chi connectivity index (χ0v) is 16.6. The lowest BCUT2D eigenvalue weighted by atomic mass is 10.1. The van der Waals surface area contributed by atoms with Crippen LogP contribution in [0.4, 0.5) is 5.69 Å². The lowest BCUT2D eigenvalue weighted by Gasteiger charge is -2.14. The van der Waals surface area contributed by atoms with Gasteiger partial charge in [0.1, 0.15) is 5.82 Å². The Kier molecular flexibility index (Phi) is 6.36. The fourth-order valence-electron chi connectivity index (χ4n) is 2.84. The second kappa shape index (κ2) is 9.13. The van der Waals surface area contributed by atoms with Crippen molar-refractivity contribution in [3.63, 3.8) is 0 Å². The van der Waals surface area contributed by atoms with Gasteiger partial charge in [-0.15, -0.1) is 0 Å². The number of Topliss-reactive ketones (excluding diaryl/α,β-unsaturated/α-hetero) is 1. The molecule has 0 fully saturated rings. The number of fused-ring (bicyclic) bond motifs is 1. The van der Waals surface area contributed by atoms with Crippen LogP contribution in [0.3, 0.4) is 0 Å². The van der Waals surface area contributed by atoms with Gasteiger partial charge in [0.15, 0.2) is 11.9 Å². The summed E-state index contributed by atoms with van der Waals surface area (Å²) < 4.78 is 5.16. The van der Waals surface area contributed by atoms with E-state index in [1.165, 1.54) is 13.8 Å². The minimum absolute atomic E-state index is 0.0429. The molecule has 8 nitrogen and oxygen atoms in total. The second-order valence-electron chi connectivity index (χ2n) is 6.79. The van der Waals surface area contributed by atoms with Gasteiger partial charge in [-0.25, -0.2) is 4.98 Å². The summed E-state index contributed by atoms with van der Waals surface area (Å²) in [4.78, 5) is 54.8. The number of ketones is 1. The Balaban J connectivity index is 1.55. The molecule has 0 saturated heterocycles. The molecule has 0 bridgehead atoms. The molecule has 3 rings (SSSR count). The maximum absolute atomic E-state index is 12.3.